The highest BCUT2D eigenvalue weighted by atomic mass is 127. The number of nitrogens with zero attached hydrogens (tertiary/aromatic N) is 2. The van der Waals surface area contributed by atoms with Gasteiger partial charge in [0.1, 0.15) is 9.26 Å². The lowest BCUT2D eigenvalue weighted by Crippen LogP contribution is -2.25. The van der Waals surface area contributed by atoms with Gasteiger partial charge in [0.05, 0.1) is 5.54 Å². The molecule has 0 atom stereocenters. The minimum atomic E-state index is -4.70. The number of aromatic nitrogens is 2. The van der Waals surface area contributed by atoms with Crippen molar-refractivity contribution in [2.75, 3.05) is 0 Å². The maximum Gasteiger partial charge on any atom is 0.423 e. The van der Waals surface area contributed by atoms with Crippen LogP contribution in [0.25, 0.3) is 0 Å². The Morgan fingerprint density at radius 3 is 1.87 bits per heavy atom. The molecule has 1 heterocycles. The van der Waals surface area contributed by atoms with Crippen molar-refractivity contribution >= 4 is 22.6 Å². The fourth-order valence-electron chi connectivity index (χ4n) is 1.05. The van der Waals surface area contributed by atoms with Gasteiger partial charge in [0.2, 0.25) is 5.95 Å². The molecule has 2 nitrogen and oxygen atoms in total. The summed E-state index contributed by atoms with van der Waals surface area (Å²) < 4.78 is 51.1. The quantitative estimate of drug-likeness (QED) is 0.525. The van der Waals surface area contributed by atoms with Crippen molar-refractivity contribution in [3.63, 3.8) is 0 Å². The maximum absolute atomic E-state index is 13.5. The van der Waals surface area contributed by atoms with Crippen molar-refractivity contribution in [3.05, 3.63) is 15.2 Å². The Bertz CT molecular complexity index is 375. The second-order valence-electron chi connectivity index (χ2n) is 4.04. The van der Waals surface area contributed by atoms with Crippen LogP contribution in [0.2, 0.25) is 0 Å². The normalized spacial score (nSPS) is 13.3. The fraction of sp³-hybridized carbons (Fsp3) is 0.625. The zero-order valence-electron chi connectivity index (χ0n) is 8.28. The lowest BCUT2D eigenvalue weighted by atomic mass is 10.1. The number of halogens is 5. The molecule has 0 radical (unpaired) electrons. The van der Waals surface area contributed by atoms with Gasteiger partial charge in [-0.05, 0) is 43.4 Å². The third kappa shape index (κ3) is 2.43. The predicted molar refractivity (Wildman–Crippen MR) is 54.9 cm³/mol. The van der Waals surface area contributed by atoms with Crippen LogP contribution in [-0.4, -0.2) is 9.78 Å². The molecule has 0 saturated heterocycles. The Balaban J connectivity index is 3.41. The molecule has 0 amide bonds. The van der Waals surface area contributed by atoms with Crippen molar-refractivity contribution in [2.24, 2.45) is 0 Å². The van der Waals surface area contributed by atoms with E-state index in [9.17, 15) is 17.6 Å². The molecule has 86 valence electrons. The molecule has 0 aliphatic rings. The Morgan fingerprint density at radius 1 is 1.20 bits per heavy atom. The third-order valence-electron chi connectivity index (χ3n) is 1.71. The molecule has 0 aliphatic carbocycles. The maximum atomic E-state index is 13.5. The molecule has 0 spiro atoms. The van der Waals surface area contributed by atoms with Crippen LogP contribution in [0.15, 0.2) is 0 Å². The number of rotatable bonds is 0. The average molecular weight is 336 g/mol. The third-order valence-corrected chi connectivity index (χ3v) is 2.46. The van der Waals surface area contributed by atoms with Gasteiger partial charge in [-0.25, -0.2) is 4.68 Å². The van der Waals surface area contributed by atoms with Crippen molar-refractivity contribution < 1.29 is 17.6 Å². The van der Waals surface area contributed by atoms with E-state index in [1.807, 2.05) is 0 Å². The highest BCUT2D eigenvalue weighted by Crippen LogP contribution is 2.35. The smallest absolute Gasteiger partial charge is 0.233 e. The number of hydrogen-bond donors (Lipinski definition) is 0. The summed E-state index contributed by atoms with van der Waals surface area (Å²) in [4.78, 5) is 0. The Labute approximate surface area is 97.8 Å². The second kappa shape index (κ2) is 3.60. The SMILES string of the molecule is CC(C)(C)n1nc(I)c(C(F)(F)F)c1F. The summed E-state index contributed by atoms with van der Waals surface area (Å²) in [6.45, 7) is 4.75. The summed E-state index contributed by atoms with van der Waals surface area (Å²) in [7, 11) is 0. The Hall–Kier alpha value is -0.340. The van der Waals surface area contributed by atoms with Crippen LogP contribution in [0.5, 0.6) is 0 Å². The zero-order valence-corrected chi connectivity index (χ0v) is 10.4. The molecule has 7 heteroatoms. The van der Waals surface area contributed by atoms with Crippen LogP contribution in [0.1, 0.15) is 26.3 Å². The molecule has 0 bridgehead atoms. The molecule has 1 rings (SSSR count). The first-order chi connectivity index (χ1) is 6.55. The summed E-state index contributed by atoms with van der Waals surface area (Å²) in [5.41, 5.74) is -2.11. The minimum Gasteiger partial charge on any atom is -0.233 e. The van der Waals surface area contributed by atoms with Crippen molar-refractivity contribution in [2.45, 2.75) is 32.5 Å². The summed E-state index contributed by atoms with van der Waals surface area (Å²) in [6.07, 6.45) is -4.70. The van der Waals surface area contributed by atoms with E-state index >= 15 is 0 Å². The van der Waals surface area contributed by atoms with E-state index in [0.29, 0.717) is 0 Å². The Kier molecular flexibility index (Phi) is 3.05. The van der Waals surface area contributed by atoms with E-state index in [4.69, 9.17) is 0 Å². The van der Waals surface area contributed by atoms with Crippen LogP contribution >= 0.6 is 22.6 Å². The van der Waals surface area contributed by atoms with Gasteiger partial charge >= 0.3 is 6.18 Å². The van der Waals surface area contributed by atoms with Crippen LogP contribution < -0.4 is 0 Å². The van der Waals surface area contributed by atoms with Crippen molar-refractivity contribution in [1.82, 2.24) is 9.78 Å². The van der Waals surface area contributed by atoms with Gasteiger partial charge in [-0.15, -0.1) is 0 Å². The molecule has 0 fully saturated rings. The predicted octanol–water partition coefficient (Wildman–Crippen LogP) is 3.40. The van der Waals surface area contributed by atoms with Crippen LogP contribution in [-0.2, 0) is 11.7 Å². The van der Waals surface area contributed by atoms with Gasteiger partial charge in [-0.2, -0.15) is 22.7 Å². The summed E-state index contributed by atoms with van der Waals surface area (Å²) >= 11 is 1.38. The molecular formula is C8H9F4IN2. The van der Waals surface area contributed by atoms with E-state index in [1.165, 1.54) is 22.6 Å². The molecule has 1 aromatic rings. The van der Waals surface area contributed by atoms with Gasteiger partial charge in [-0.1, -0.05) is 0 Å². The average Bonchev–Trinajstić information content (AvgIpc) is 2.22. The van der Waals surface area contributed by atoms with Gasteiger partial charge < -0.3 is 0 Å². The molecule has 0 saturated carbocycles. The first kappa shape index (κ1) is 12.7. The van der Waals surface area contributed by atoms with E-state index in [-0.39, 0.29) is 3.70 Å². The zero-order chi connectivity index (χ0) is 12.0. The largest absolute Gasteiger partial charge is 0.423 e. The van der Waals surface area contributed by atoms with E-state index in [0.717, 1.165) is 4.68 Å². The fourth-order valence-corrected chi connectivity index (χ4v) is 1.80. The molecule has 1 aromatic heterocycles. The summed E-state index contributed by atoms with van der Waals surface area (Å²) in [5.74, 6) is -1.33. The summed E-state index contributed by atoms with van der Waals surface area (Å²) in [5, 5.41) is 3.56. The van der Waals surface area contributed by atoms with E-state index in [2.05, 4.69) is 5.10 Å². The van der Waals surface area contributed by atoms with Gasteiger partial charge in [0.15, 0.2) is 0 Å². The van der Waals surface area contributed by atoms with Gasteiger partial charge in [-0.3, -0.25) is 0 Å². The molecular weight excluding hydrogens is 327 g/mol. The topological polar surface area (TPSA) is 17.8 Å². The van der Waals surface area contributed by atoms with Crippen LogP contribution in [0.4, 0.5) is 17.6 Å². The number of alkyl halides is 3. The van der Waals surface area contributed by atoms with Crippen LogP contribution in [0, 0.1) is 9.65 Å². The van der Waals surface area contributed by atoms with Gasteiger partial charge in [0, 0.05) is 0 Å². The first-order valence-corrected chi connectivity index (χ1v) is 5.14. The monoisotopic (exact) mass is 336 g/mol. The summed E-state index contributed by atoms with van der Waals surface area (Å²) in [6, 6.07) is 0. The van der Waals surface area contributed by atoms with E-state index in [1.54, 1.807) is 20.8 Å². The molecule has 15 heavy (non-hydrogen) atoms. The molecule has 0 aromatic carbocycles. The highest BCUT2D eigenvalue weighted by molar-refractivity contribution is 14.1. The Morgan fingerprint density at radius 2 is 1.67 bits per heavy atom. The second-order valence-corrected chi connectivity index (χ2v) is 5.06. The number of hydrogen-bond acceptors (Lipinski definition) is 1. The lowest BCUT2D eigenvalue weighted by molar-refractivity contribution is -0.141. The molecule has 0 N–H and O–H groups in total. The lowest BCUT2D eigenvalue weighted by Gasteiger charge is -2.19. The van der Waals surface area contributed by atoms with E-state index < -0.39 is 23.2 Å². The highest BCUT2D eigenvalue weighted by Gasteiger charge is 2.41. The van der Waals surface area contributed by atoms with Gasteiger partial charge in [0.25, 0.3) is 0 Å². The minimum absolute atomic E-state index is 0.368. The van der Waals surface area contributed by atoms with Crippen LogP contribution in [0.3, 0.4) is 0 Å². The molecule has 0 unspecified atom stereocenters. The van der Waals surface area contributed by atoms with Crippen molar-refractivity contribution in [1.29, 1.82) is 0 Å². The standard InChI is InChI=1S/C8H9F4IN2/c1-7(2,3)15-5(9)4(6(13)14-15)8(10,11)12/h1-3H3. The molecule has 0 aliphatic heterocycles. The van der Waals surface area contributed by atoms with Crippen molar-refractivity contribution in [3.8, 4) is 0 Å². The first-order valence-electron chi connectivity index (χ1n) is 4.07.